The summed E-state index contributed by atoms with van der Waals surface area (Å²) in [6, 6.07) is 2.25. The van der Waals surface area contributed by atoms with E-state index in [0.717, 1.165) is 31.9 Å². The molecule has 0 aliphatic carbocycles. The zero-order valence-corrected chi connectivity index (χ0v) is 12.5. The Morgan fingerprint density at radius 2 is 1.79 bits per heavy atom. The van der Waals surface area contributed by atoms with Gasteiger partial charge in [0.05, 0.1) is 0 Å². The maximum Gasteiger partial charge on any atom is 0.160 e. The van der Waals surface area contributed by atoms with Crippen molar-refractivity contribution in [3.63, 3.8) is 0 Å². The molecule has 1 nitrogen and oxygen atoms in total. The molecule has 0 aliphatic heterocycles. The first-order valence-electron chi connectivity index (χ1n) is 6.83. The molecule has 1 aromatic carbocycles. The number of benzene rings is 1. The smallest absolute Gasteiger partial charge is 0.160 e. The van der Waals surface area contributed by atoms with Crippen LogP contribution in [0.3, 0.4) is 0 Å². The van der Waals surface area contributed by atoms with Gasteiger partial charge in [0.2, 0.25) is 0 Å². The Morgan fingerprint density at radius 1 is 1.16 bits per heavy atom. The summed E-state index contributed by atoms with van der Waals surface area (Å²) in [5.74, 6) is -1.17. The Bertz CT molecular complexity index is 407. The van der Waals surface area contributed by atoms with Gasteiger partial charge in [-0.2, -0.15) is 0 Å². The third kappa shape index (κ3) is 5.07. The van der Waals surface area contributed by atoms with E-state index in [0.29, 0.717) is 11.5 Å². The molecule has 108 valence electrons. The molecule has 0 fully saturated rings. The molecule has 0 amide bonds. The molecule has 1 rings (SSSR count). The van der Waals surface area contributed by atoms with Crippen LogP contribution in [0.15, 0.2) is 12.1 Å². The largest absolute Gasteiger partial charge is 0.310 e. The lowest BCUT2D eigenvalue weighted by Gasteiger charge is -2.21. The molecule has 1 aromatic rings. The highest BCUT2D eigenvalue weighted by molar-refractivity contribution is 6.31. The summed E-state index contributed by atoms with van der Waals surface area (Å²) in [5, 5.41) is 3.64. The fourth-order valence-electron chi connectivity index (χ4n) is 1.99. The summed E-state index contributed by atoms with van der Waals surface area (Å²) in [6.07, 6.45) is 2.86. The fraction of sp³-hybridized carbons (Fsp3) is 0.600. The van der Waals surface area contributed by atoms with Crippen molar-refractivity contribution < 1.29 is 8.78 Å². The van der Waals surface area contributed by atoms with Gasteiger partial charge in [-0.3, -0.25) is 0 Å². The monoisotopic (exact) mass is 289 g/mol. The normalized spacial score (nSPS) is 13.0. The van der Waals surface area contributed by atoms with Crippen LogP contribution < -0.4 is 5.32 Å². The van der Waals surface area contributed by atoms with Gasteiger partial charge < -0.3 is 5.32 Å². The molecule has 4 heteroatoms. The van der Waals surface area contributed by atoms with Crippen molar-refractivity contribution in [2.75, 3.05) is 6.54 Å². The average molecular weight is 290 g/mol. The molecule has 0 saturated carbocycles. The molecule has 1 unspecified atom stereocenters. The fourth-order valence-corrected chi connectivity index (χ4v) is 2.27. The first kappa shape index (κ1) is 16.4. The lowest BCUT2D eigenvalue weighted by atomic mass is 9.97. The molecule has 1 atom stereocenters. The van der Waals surface area contributed by atoms with Crippen molar-refractivity contribution in [3.05, 3.63) is 34.4 Å². The zero-order valence-electron chi connectivity index (χ0n) is 11.8. The summed E-state index contributed by atoms with van der Waals surface area (Å²) in [5.41, 5.74) is 0.648. The first-order valence-corrected chi connectivity index (χ1v) is 7.21. The van der Waals surface area contributed by atoms with Crippen LogP contribution in [0.4, 0.5) is 8.78 Å². The predicted octanol–water partition coefficient (Wildman–Crippen LogP) is 5.10. The molecular formula is C15H22ClF2N. The molecular weight excluding hydrogens is 268 g/mol. The topological polar surface area (TPSA) is 12.0 Å². The van der Waals surface area contributed by atoms with Crippen LogP contribution in [0.1, 0.15) is 51.6 Å². The first-order chi connectivity index (χ1) is 8.95. The second-order valence-electron chi connectivity index (χ2n) is 5.27. The minimum atomic E-state index is -0.896. The van der Waals surface area contributed by atoms with Gasteiger partial charge >= 0.3 is 0 Å². The Hall–Kier alpha value is -0.670. The minimum Gasteiger partial charge on any atom is -0.310 e. The van der Waals surface area contributed by atoms with Crippen molar-refractivity contribution in [2.45, 2.75) is 46.1 Å². The van der Waals surface area contributed by atoms with Gasteiger partial charge in [-0.15, -0.1) is 0 Å². The molecule has 0 saturated heterocycles. The summed E-state index contributed by atoms with van der Waals surface area (Å²) >= 11 is 6.04. The van der Waals surface area contributed by atoms with E-state index >= 15 is 0 Å². The maximum absolute atomic E-state index is 13.4. The van der Waals surface area contributed by atoms with Crippen LogP contribution in [0.25, 0.3) is 0 Å². The highest BCUT2D eigenvalue weighted by Crippen LogP contribution is 2.29. The van der Waals surface area contributed by atoms with Crippen molar-refractivity contribution in [1.82, 2.24) is 5.32 Å². The zero-order chi connectivity index (χ0) is 14.4. The second kappa shape index (κ2) is 7.81. The molecule has 0 radical (unpaired) electrons. The summed E-state index contributed by atoms with van der Waals surface area (Å²) in [7, 11) is 0. The van der Waals surface area contributed by atoms with Gasteiger partial charge in [-0.25, -0.2) is 8.78 Å². The summed E-state index contributed by atoms with van der Waals surface area (Å²) < 4.78 is 26.5. The average Bonchev–Trinajstić information content (AvgIpc) is 2.34. The Balaban J connectivity index is 2.92. The van der Waals surface area contributed by atoms with Crippen molar-refractivity contribution in [2.24, 2.45) is 5.92 Å². The van der Waals surface area contributed by atoms with Crippen LogP contribution in [0.5, 0.6) is 0 Å². The highest BCUT2D eigenvalue weighted by Gasteiger charge is 2.17. The van der Waals surface area contributed by atoms with Crippen LogP contribution >= 0.6 is 11.6 Å². The van der Waals surface area contributed by atoms with E-state index in [1.807, 2.05) is 0 Å². The molecule has 0 bridgehead atoms. The predicted molar refractivity (Wildman–Crippen MR) is 76.5 cm³/mol. The van der Waals surface area contributed by atoms with E-state index in [1.54, 1.807) is 0 Å². The summed E-state index contributed by atoms with van der Waals surface area (Å²) in [4.78, 5) is 0. The van der Waals surface area contributed by atoms with Crippen LogP contribution in [-0.4, -0.2) is 6.54 Å². The standard InChI is InChI=1S/C15H22ClF2N/c1-4-7-19-15(6-5-10(2)3)11-8-13(17)14(18)9-12(11)16/h8-10,15,19H,4-7H2,1-3H3. The van der Waals surface area contributed by atoms with Crippen LogP contribution in [0, 0.1) is 17.6 Å². The molecule has 0 aromatic heterocycles. The SMILES string of the molecule is CCCNC(CCC(C)C)c1cc(F)c(F)cc1Cl. The van der Waals surface area contributed by atoms with Crippen LogP contribution in [-0.2, 0) is 0 Å². The van der Waals surface area contributed by atoms with Gasteiger partial charge in [0, 0.05) is 11.1 Å². The Labute approximate surface area is 119 Å². The number of nitrogens with one attached hydrogen (secondary N) is 1. The molecule has 0 aliphatic rings. The van der Waals surface area contributed by atoms with E-state index in [2.05, 4.69) is 26.1 Å². The third-order valence-electron chi connectivity index (χ3n) is 3.09. The number of hydrogen-bond donors (Lipinski definition) is 1. The highest BCUT2D eigenvalue weighted by atomic mass is 35.5. The van der Waals surface area contributed by atoms with Gasteiger partial charge in [0.1, 0.15) is 0 Å². The molecule has 19 heavy (non-hydrogen) atoms. The molecule has 1 N–H and O–H groups in total. The van der Waals surface area contributed by atoms with Gasteiger partial charge in [0.15, 0.2) is 11.6 Å². The lowest BCUT2D eigenvalue weighted by Crippen LogP contribution is -2.23. The minimum absolute atomic E-state index is 0.0232. The van der Waals surface area contributed by atoms with E-state index in [4.69, 9.17) is 11.6 Å². The number of hydrogen-bond acceptors (Lipinski definition) is 1. The quantitative estimate of drug-likeness (QED) is 0.689. The lowest BCUT2D eigenvalue weighted by molar-refractivity contribution is 0.436. The van der Waals surface area contributed by atoms with Crippen molar-refractivity contribution >= 4 is 11.6 Å². The van der Waals surface area contributed by atoms with Gasteiger partial charge in [0.25, 0.3) is 0 Å². The molecule has 0 heterocycles. The van der Waals surface area contributed by atoms with E-state index < -0.39 is 11.6 Å². The number of halogens is 3. The number of rotatable bonds is 7. The maximum atomic E-state index is 13.4. The van der Waals surface area contributed by atoms with E-state index in [-0.39, 0.29) is 11.1 Å². The van der Waals surface area contributed by atoms with Crippen molar-refractivity contribution in [1.29, 1.82) is 0 Å². The Kier molecular flexibility index (Phi) is 6.73. The van der Waals surface area contributed by atoms with Crippen molar-refractivity contribution in [3.8, 4) is 0 Å². The van der Waals surface area contributed by atoms with Crippen LogP contribution in [0.2, 0.25) is 5.02 Å². The Morgan fingerprint density at radius 3 is 2.37 bits per heavy atom. The molecule has 0 spiro atoms. The second-order valence-corrected chi connectivity index (χ2v) is 5.67. The summed E-state index contributed by atoms with van der Waals surface area (Å²) in [6.45, 7) is 7.19. The third-order valence-corrected chi connectivity index (χ3v) is 3.42. The van der Waals surface area contributed by atoms with Gasteiger partial charge in [-0.1, -0.05) is 32.4 Å². The van der Waals surface area contributed by atoms with E-state index in [1.165, 1.54) is 6.07 Å². The van der Waals surface area contributed by atoms with E-state index in [9.17, 15) is 8.78 Å². The van der Waals surface area contributed by atoms with Gasteiger partial charge in [-0.05, 0) is 49.4 Å².